The second kappa shape index (κ2) is 3.39. The summed E-state index contributed by atoms with van der Waals surface area (Å²) < 4.78 is 0. The topological polar surface area (TPSA) is 24.9 Å². The van der Waals surface area contributed by atoms with Gasteiger partial charge in [0.2, 0.25) is 0 Å². The monoisotopic (exact) mass is 196 g/mol. The molecule has 2 nitrogen and oxygen atoms in total. The number of rotatable bonds is 1. The van der Waals surface area contributed by atoms with Gasteiger partial charge in [-0.25, -0.2) is 4.98 Å². The summed E-state index contributed by atoms with van der Waals surface area (Å²) in [4.78, 5) is 4.32. The van der Waals surface area contributed by atoms with Gasteiger partial charge in [-0.05, 0) is 11.6 Å². The average molecular weight is 196 g/mol. The highest BCUT2D eigenvalue weighted by Gasteiger charge is 2.23. The Balaban J connectivity index is 2.05. The molecule has 0 bridgehead atoms. The van der Waals surface area contributed by atoms with Crippen molar-refractivity contribution in [3.8, 4) is 0 Å². The molecule has 1 aromatic carbocycles. The molecule has 0 saturated carbocycles. The molecule has 2 heteroatoms. The average Bonchev–Trinajstić information content (AvgIpc) is 2.74. The molecule has 0 spiro atoms. The van der Waals surface area contributed by atoms with Crippen molar-refractivity contribution >= 4 is 5.82 Å². The van der Waals surface area contributed by atoms with Crippen molar-refractivity contribution < 1.29 is 0 Å². The molecule has 0 radical (unpaired) electrons. The molecular weight excluding hydrogens is 184 g/mol. The molecule has 1 unspecified atom stereocenters. The third kappa shape index (κ3) is 1.38. The standard InChI is InChI=1S/C13H12N2/c1-2-5-10(6-3-1)12-9-15-13-11(12)7-4-8-14-13/h1-8,12H,9H2,(H,14,15). The highest BCUT2D eigenvalue weighted by molar-refractivity contribution is 5.55. The SMILES string of the molecule is c1ccc(C2CNc3ncccc32)cc1. The molecule has 15 heavy (non-hydrogen) atoms. The number of benzene rings is 1. The minimum absolute atomic E-state index is 0.454. The number of nitrogens with one attached hydrogen (secondary N) is 1. The molecule has 1 N–H and O–H groups in total. The van der Waals surface area contributed by atoms with Crippen LogP contribution in [0.5, 0.6) is 0 Å². The van der Waals surface area contributed by atoms with Crippen molar-refractivity contribution in [1.82, 2.24) is 4.98 Å². The van der Waals surface area contributed by atoms with Crippen molar-refractivity contribution in [2.24, 2.45) is 0 Å². The van der Waals surface area contributed by atoms with E-state index in [-0.39, 0.29) is 0 Å². The van der Waals surface area contributed by atoms with Crippen LogP contribution in [0.3, 0.4) is 0 Å². The predicted molar refractivity (Wildman–Crippen MR) is 61.0 cm³/mol. The molecule has 2 heterocycles. The lowest BCUT2D eigenvalue weighted by molar-refractivity contribution is 0.907. The van der Waals surface area contributed by atoms with E-state index in [1.807, 2.05) is 12.3 Å². The van der Waals surface area contributed by atoms with E-state index >= 15 is 0 Å². The lowest BCUT2D eigenvalue weighted by atomic mass is 9.94. The minimum Gasteiger partial charge on any atom is -0.369 e. The Morgan fingerprint density at radius 1 is 1.07 bits per heavy atom. The zero-order chi connectivity index (χ0) is 10.1. The van der Waals surface area contributed by atoms with Crippen molar-refractivity contribution in [3.05, 3.63) is 59.8 Å². The molecule has 1 aromatic heterocycles. The zero-order valence-corrected chi connectivity index (χ0v) is 8.35. The fourth-order valence-electron chi connectivity index (χ4n) is 2.14. The number of pyridine rings is 1. The number of aromatic nitrogens is 1. The lowest BCUT2D eigenvalue weighted by Crippen LogP contribution is -2.03. The molecule has 0 amide bonds. The van der Waals surface area contributed by atoms with Crippen molar-refractivity contribution in [1.29, 1.82) is 0 Å². The Bertz CT molecular complexity index is 465. The van der Waals surface area contributed by atoms with E-state index in [2.05, 4.69) is 46.7 Å². The third-order valence-corrected chi connectivity index (χ3v) is 2.89. The van der Waals surface area contributed by atoms with Gasteiger partial charge in [-0.2, -0.15) is 0 Å². The lowest BCUT2D eigenvalue weighted by Gasteiger charge is -2.09. The van der Waals surface area contributed by atoms with Crippen LogP contribution in [0.2, 0.25) is 0 Å². The largest absolute Gasteiger partial charge is 0.369 e. The van der Waals surface area contributed by atoms with Gasteiger partial charge in [-0.3, -0.25) is 0 Å². The molecule has 1 aliphatic heterocycles. The van der Waals surface area contributed by atoms with Crippen LogP contribution < -0.4 is 5.32 Å². The van der Waals surface area contributed by atoms with Crippen molar-refractivity contribution in [3.63, 3.8) is 0 Å². The molecule has 74 valence electrons. The Morgan fingerprint density at radius 3 is 2.80 bits per heavy atom. The Hall–Kier alpha value is -1.83. The van der Waals surface area contributed by atoms with Gasteiger partial charge in [0.25, 0.3) is 0 Å². The van der Waals surface area contributed by atoms with Crippen LogP contribution in [0, 0.1) is 0 Å². The fraction of sp³-hybridized carbons (Fsp3) is 0.154. The summed E-state index contributed by atoms with van der Waals surface area (Å²) in [5.74, 6) is 1.49. The highest BCUT2D eigenvalue weighted by atomic mass is 15.0. The van der Waals surface area contributed by atoms with Crippen LogP contribution in [0.15, 0.2) is 48.7 Å². The maximum atomic E-state index is 4.32. The van der Waals surface area contributed by atoms with Crippen LogP contribution in [-0.4, -0.2) is 11.5 Å². The molecule has 3 rings (SSSR count). The van der Waals surface area contributed by atoms with Crippen molar-refractivity contribution in [2.75, 3.05) is 11.9 Å². The van der Waals surface area contributed by atoms with Crippen molar-refractivity contribution in [2.45, 2.75) is 5.92 Å². The van der Waals surface area contributed by atoms with E-state index in [1.54, 1.807) is 0 Å². The molecule has 1 aliphatic rings. The maximum Gasteiger partial charge on any atom is 0.129 e. The summed E-state index contributed by atoms with van der Waals surface area (Å²) in [5.41, 5.74) is 2.67. The smallest absolute Gasteiger partial charge is 0.129 e. The van der Waals surface area contributed by atoms with E-state index in [0.717, 1.165) is 12.4 Å². The third-order valence-electron chi connectivity index (χ3n) is 2.89. The summed E-state index contributed by atoms with van der Waals surface area (Å²) in [6.45, 7) is 0.955. The Kier molecular flexibility index (Phi) is 1.91. The number of hydrogen-bond donors (Lipinski definition) is 1. The van der Waals surface area contributed by atoms with Crippen LogP contribution in [0.25, 0.3) is 0 Å². The predicted octanol–water partition coefficient (Wildman–Crippen LogP) is 2.64. The first-order valence-electron chi connectivity index (χ1n) is 5.19. The first-order chi connectivity index (χ1) is 7.45. The molecule has 0 fully saturated rings. The first kappa shape index (κ1) is 8.48. The molecule has 0 aliphatic carbocycles. The van der Waals surface area contributed by atoms with Crippen LogP contribution >= 0.6 is 0 Å². The van der Waals surface area contributed by atoms with Crippen LogP contribution in [0.4, 0.5) is 5.82 Å². The number of fused-ring (bicyclic) bond motifs is 1. The van der Waals surface area contributed by atoms with Gasteiger partial charge in [0.1, 0.15) is 5.82 Å². The summed E-state index contributed by atoms with van der Waals surface area (Å²) in [7, 11) is 0. The highest BCUT2D eigenvalue weighted by Crippen LogP contribution is 2.33. The maximum absolute atomic E-state index is 4.32. The van der Waals surface area contributed by atoms with Gasteiger partial charge in [0, 0.05) is 24.2 Å². The van der Waals surface area contributed by atoms with E-state index in [0.29, 0.717) is 5.92 Å². The number of nitrogens with zero attached hydrogens (tertiary/aromatic N) is 1. The Labute approximate surface area is 89.0 Å². The van der Waals surface area contributed by atoms with Gasteiger partial charge in [-0.1, -0.05) is 36.4 Å². The van der Waals surface area contributed by atoms with E-state index in [9.17, 15) is 0 Å². The second-order valence-electron chi connectivity index (χ2n) is 3.79. The fourth-order valence-corrected chi connectivity index (χ4v) is 2.14. The van der Waals surface area contributed by atoms with Gasteiger partial charge in [0.05, 0.1) is 0 Å². The molecular formula is C13H12N2. The summed E-state index contributed by atoms with van der Waals surface area (Å²) >= 11 is 0. The van der Waals surface area contributed by atoms with Gasteiger partial charge < -0.3 is 5.32 Å². The Morgan fingerprint density at radius 2 is 1.93 bits per heavy atom. The van der Waals surface area contributed by atoms with Gasteiger partial charge >= 0.3 is 0 Å². The van der Waals surface area contributed by atoms with Crippen LogP contribution in [0.1, 0.15) is 17.0 Å². The quantitative estimate of drug-likeness (QED) is 0.758. The first-order valence-corrected chi connectivity index (χ1v) is 5.19. The van der Waals surface area contributed by atoms with E-state index in [4.69, 9.17) is 0 Å². The minimum atomic E-state index is 0.454. The summed E-state index contributed by atoms with van der Waals surface area (Å²) in [6, 6.07) is 14.7. The van der Waals surface area contributed by atoms with E-state index in [1.165, 1.54) is 11.1 Å². The van der Waals surface area contributed by atoms with Crippen LogP contribution in [-0.2, 0) is 0 Å². The number of anilines is 1. The summed E-state index contributed by atoms with van der Waals surface area (Å²) in [6.07, 6.45) is 1.83. The zero-order valence-electron chi connectivity index (χ0n) is 8.35. The molecule has 1 atom stereocenters. The molecule has 0 saturated heterocycles. The van der Waals surface area contributed by atoms with E-state index < -0.39 is 0 Å². The second-order valence-corrected chi connectivity index (χ2v) is 3.79. The number of hydrogen-bond acceptors (Lipinski definition) is 2. The summed E-state index contributed by atoms with van der Waals surface area (Å²) in [5, 5.41) is 3.34. The molecule has 2 aromatic rings. The van der Waals surface area contributed by atoms with Gasteiger partial charge in [-0.15, -0.1) is 0 Å². The normalized spacial score (nSPS) is 18.3. The van der Waals surface area contributed by atoms with Gasteiger partial charge in [0.15, 0.2) is 0 Å².